The summed E-state index contributed by atoms with van der Waals surface area (Å²) in [7, 11) is 1.64. The number of nitrogens with one attached hydrogen (secondary N) is 1. The summed E-state index contributed by atoms with van der Waals surface area (Å²) in [4.78, 5) is 23.2. The van der Waals surface area contributed by atoms with Gasteiger partial charge in [0.15, 0.2) is 0 Å². The zero-order valence-electron chi connectivity index (χ0n) is 17.8. The van der Waals surface area contributed by atoms with Gasteiger partial charge in [0.2, 0.25) is 0 Å². The first-order valence-corrected chi connectivity index (χ1v) is 10.1. The minimum absolute atomic E-state index is 0.127. The van der Waals surface area contributed by atoms with Crippen molar-refractivity contribution in [3.8, 4) is 17.1 Å². The fourth-order valence-electron chi connectivity index (χ4n) is 3.51. The fourth-order valence-corrected chi connectivity index (χ4v) is 3.51. The van der Waals surface area contributed by atoms with Gasteiger partial charge >= 0.3 is 6.09 Å². The van der Waals surface area contributed by atoms with Gasteiger partial charge in [-0.2, -0.15) is 0 Å². The first-order valence-electron chi connectivity index (χ1n) is 10.1. The maximum absolute atomic E-state index is 12.3. The Labute approximate surface area is 175 Å². The monoisotopic (exact) mass is 409 g/mol. The topological polar surface area (TPSA) is 81.0 Å². The highest BCUT2D eigenvalue weighted by atomic mass is 16.6. The molecule has 1 N–H and O–H groups in total. The molecular weight excluding hydrogens is 382 g/mol. The van der Waals surface area contributed by atoms with Crippen LogP contribution in [0.15, 0.2) is 42.7 Å². The van der Waals surface area contributed by atoms with Crippen LogP contribution in [0.25, 0.3) is 17.0 Å². The molecule has 3 aromatic heterocycles. The van der Waals surface area contributed by atoms with Crippen LogP contribution in [0.4, 0.5) is 10.6 Å². The lowest BCUT2D eigenvalue weighted by molar-refractivity contribution is 0.0293. The second kappa shape index (κ2) is 7.85. The molecule has 1 saturated heterocycles. The third-order valence-electron chi connectivity index (χ3n) is 4.92. The van der Waals surface area contributed by atoms with Crippen molar-refractivity contribution in [2.24, 2.45) is 0 Å². The molecule has 1 aliphatic heterocycles. The number of hydrogen-bond donors (Lipinski definition) is 1. The van der Waals surface area contributed by atoms with Crippen LogP contribution in [0.3, 0.4) is 0 Å². The number of rotatable bonds is 4. The van der Waals surface area contributed by atoms with Gasteiger partial charge in [-0.25, -0.2) is 14.8 Å². The van der Waals surface area contributed by atoms with E-state index in [1.807, 2.05) is 61.7 Å². The summed E-state index contributed by atoms with van der Waals surface area (Å²) in [6, 6.07) is 9.77. The number of nitrogens with zero attached hydrogens (tertiary/aromatic N) is 4. The Hall–Kier alpha value is -3.29. The van der Waals surface area contributed by atoms with Gasteiger partial charge in [-0.15, -0.1) is 0 Å². The molecule has 1 aliphatic rings. The van der Waals surface area contributed by atoms with E-state index in [0.717, 1.165) is 35.0 Å². The Balaban J connectivity index is 1.48. The van der Waals surface area contributed by atoms with Gasteiger partial charge in [-0.05, 0) is 51.5 Å². The van der Waals surface area contributed by atoms with Crippen LogP contribution in [-0.2, 0) is 4.74 Å². The van der Waals surface area contributed by atoms with Crippen molar-refractivity contribution in [2.75, 3.05) is 25.5 Å². The number of aromatic nitrogens is 3. The lowest BCUT2D eigenvalue weighted by Crippen LogP contribution is -2.36. The molecule has 158 valence electrons. The van der Waals surface area contributed by atoms with Crippen LogP contribution in [-0.4, -0.2) is 57.2 Å². The highest BCUT2D eigenvalue weighted by molar-refractivity contribution is 5.69. The van der Waals surface area contributed by atoms with E-state index in [9.17, 15) is 4.79 Å². The minimum atomic E-state index is -0.491. The van der Waals surface area contributed by atoms with Crippen LogP contribution in [0.5, 0.6) is 5.75 Å². The van der Waals surface area contributed by atoms with Gasteiger partial charge in [0.25, 0.3) is 0 Å². The summed E-state index contributed by atoms with van der Waals surface area (Å²) in [6.45, 7) is 6.89. The molecule has 0 radical (unpaired) electrons. The van der Waals surface area contributed by atoms with E-state index in [-0.39, 0.29) is 12.1 Å². The molecule has 30 heavy (non-hydrogen) atoms. The predicted molar refractivity (Wildman–Crippen MR) is 115 cm³/mol. The molecule has 0 saturated carbocycles. The normalized spacial score (nSPS) is 16.7. The molecule has 3 aromatic rings. The number of methoxy groups -OCH3 is 1. The van der Waals surface area contributed by atoms with Crippen LogP contribution in [0.1, 0.15) is 27.2 Å². The molecule has 8 heteroatoms. The standard InChI is InChI=1S/C22H27N5O3/c1-22(2,3)30-21(28)26-11-10-15(13-26)24-19-7-5-6-17(25-19)18-12-23-20-9-8-16(29-4)14-27(18)20/h5-9,12,14-15H,10-11,13H2,1-4H3,(H,24,25). The lowest BCUT2D eigenvalue weighted by Gasteiger charge is -2.24. The summed E-state index contributed by atoms with van der Waals surface area (Å²) >= 11 is 0. The van der Waals surface area contributed by atoms with Crippen molar-refractivity contribution in [2.45, 2.75) is 38.8 Å². The molecule has 1 amide bonds. The van der Waals surface area contributed by atoms with Crippen molar-refractivity contribution < 1.29 is 14.3 Å². The molecule has 0 bridgehead atoms. The fraction of sp³-hybridized carbons (Fsp3) is 0.409. The Bertz CT molecular complexity index is 1060. The summed E-state index contributed by atoms with van der Waals surface area (Å²) in [6.07, 6.45) is 4.28. The predicted octanol–water partition coefficient (Wildman–Crippen LogP) is 3.83. The number of carbonyl (C=O) groups is 1. The van der Waals surface area contributed by atoms with Crippen molar-refractivity contribution >= 4 is 17.6 Å². The molecule has 4 heterocycles. The molecular formula is C22H27N5O3. The van der Waals surface area contributed by atoms with Crippen LogP contribution < -0.4 is 10.1 Å². The average Bonchev–Trinajstić information content (AvgIpc) is 3.33. The maximum Gasteiger partial charge on any atom is 0.410 e. The highest BCUT2D eigenvalue weighted by Gasteiger charge is 2.29. The van der Waals surface area contributed by atoms with E-state index < -0.39 is 5.60 Å². The zero-order valence-corrected chi connectivity index (χ0v) is 17.8. The molecule has 8 nitrogen and oxygen atoms in total. The summed E-state index contributed by atoms with van der Waals surface area (Å²) < 4.78 is 12.8. The largest absolute Gasteiger partial charge is 0.495 e. The van der Waals surface area contributed by atoms with E-state index in [4.69, 9.17) is 14.5 Å². The average molecular weight is 409 g/mol. The van der Waals surface area contributed by atoms with E-state index in [0.29, 0.717) is 13.1 Å². The van der Waals surface area contributed by atoms with Gasteiger partial charge in [-0.3, -0.25) is 4.40 Å². The molecule has 1 atom stereocenters. The molecule has 1 unspecified atom stereocenters. The number of ether oxygens (including phenoxy) is 2. The number of fused-ring (bicyclic) bond motifs is 1. The van der Waals surface area contributed by atoms with Crippen molar-refractivity contribution in [3.63, 3.8) is 0 Å². The van der Waals surface area contributed by atoms with Gasteiger partial charge in [0.1, 0.15) is 22.8 Å². The lowest BCUT2D eigenvalue weighted by atomic mass is 10.2. The van der Waals surface area contributed by atoms with E-state index >= 15 is 0 Å². The SMILES string of the molecule is COc1ccc2ncc(-c3cccc(NC4CCN(C(=O)OC(C)(C)C)C4)n3)n2c1. The zero-order chi connectivity index (χ0) is 21.3. The van der Waals surface area contributed by atoms with Gasteiger partial charge in [-0.1, -0.05) is 6.07 Å². The third-order valence-corrected chi connectivity index (χ3v) is 4.92. The van der Waals surface area contributed by atoms with Crippen LogP contribution in [0.2, 0.25) is 0 Å². The summed E-state index contributed by atoms with van der Waals surface area (Å²) in [5.74, 6) is 1.52. The summed E-state index contributed by atoms with van der Waals surface area (Å²) in [5.41, 5.74) is 2.03. The molecule has 4 rings (SSSR count). The molecule has 0 spiro atoms. The number of carbonyl (C=O) groups excluding carboxylic acids is 1. The number of imidazole rings is 1. The van der Waals surface area contributed by atoms with Crippen LogP contribution in [0, 0.1) is 0 Å². The van der Waals surface area contributed by atoms with E-state index in [1.165, 1.54) is 0 Å². The second-order valence-corrected chi connectivity index (χ2v) is 8.40. The Morgan fingerprint density at radius 2 is 2.07 bits per heavy atom. The molecule has 0 aromatic carbocycles. The quantitative estimate of drug-likeness (QED) is 0.705. The van der Waals surface area contributed by atoms with Gasteiger partial charge in [0, 0.05) is 19.1 Å². The van der Waals surface area contributed by atoms with Crippen molar-refractivity contribution in [3.05, 3.63) is 42.7 Å². The summed E-state index contributed by atoms with van der Waals surface area (Å²) in [5, 5.41) is 3.45. The van der Waals surface area contributed by atoms with Gasteiger partial charge in [0.05, 0.1) is 30.9 Å². The smallest absolute Gasteiger partial charge is 0.410 e. The van der Waals surface area contributed by atoms with E-state index in [2.05, 4.69) is 10.3 Å². The Morgan fingerprint density at radius 3 is 2.83 bits per heavy atom. The maximum atomic E-state index is 12.3. The Morgan fingerprint density at radius 1 is 1.23 bits per heavy atom. The molecule has 0 aliphatic carbocycles. The highest BCUT2D eigenvalue weighted by Crippen LogP contribution is 2.24. The Kier molecular flexibility index (Phi) is 5.24. The molecule has 1 fully saturated rings. The number of amides is 1. The number of pyridine rings is 2. The number of hydrogen-bond acceptors (Lipinski definition) is 6. The van der Waals surface area contributed by atoms with Crippen molar-refractivity contribution in [1.29, 1.82) is 0 Å². The van der Waals surface area contributed by atoms with Crippen molar-refractivity contribution in [1.82, 2.24) is 19.3 Å². The first-order chi connectivity index (χ1) is 14.3. The number of anilines is 1. The first kappa shape index (κ1) is 20.0. The second-order valence-electron chi connectivity index (χ2n) is 8.40. The minimum Gasteiger partial charge on any atom is -0.495 e. The number of likely N-dealkylation sites (tertiary alicyclic amines) is 1. The third kappa shape index (κ3) is 4.32. The van der Waals surface area contributed by atoms with E-state index in [1.54, 1.807) is 18.2 Å². The van der Waals surface area contributed by atoms with Gasteiger partial charge < -0.3 is 19.7 Å². The van der Waals surface area contributed by atoms with Crippen LogP contribution >= 0.6 is 0 Å².